The van der Waals surface area contributed by atoms with Crippen LogP contribution >= 0.6 is 23.4 Å². The first kappa shape index (κ1) is 17.4. The first-order valence-corrected chi connectivity index (χ1v) is 8.58. The van der Waals surface area contributed by atoms with Crippen molar-refractivity contribution in [3.63, 3.8) is 0 Å². The number of thioether (sulfide) groups is 1. The Kier molecular flexibility index (Phi) is 5.01. The number of carbonyl (C=O) groups is 1. The molecule has 0 unspecified atom stereocenters. The quantitative estimate of drug-likeness (QED) is 0.788. The summed E-state index contributed by atoms with van der Waals surface area (Å²) < 4.78 is 5.08. The van der Waals surface area contributed by atoms with Crippen LogP contribution < -0.4 is 10.1 Å². The van der Waals surface area contributed by atoms with Crippen LogP contribution in [0, 0.1) is 6.92 Å². The molecular weight excluding hydrogens is 360 g/mol. The van der Waals surface area contributed by atoms with Crippen molar-refractivity contribution < 1.29 is 14.6 Å². The van der Waals surface area contributed by atoms with E-state index in [0.717, 1.165) is 16.8 Å². The smallest absolute Gasteiger partial charge is 0.264 e. The number of benzene rings is 2. The number of ether oxygens (including phenoxy) is 1. The molecule has 1 fully saturated rings. The molecule has 1 aliphatic heterocycles. The van der Waals surface area contributed by atoms with E-state index in [1.807, 2.05) is 19.1 Å². The van der Waals surface area contributed by atoms with Gasteiger partial charge in [-0.1, -0.05) is 17.7 Å². The molecule has 0 spiro atoms. The van der Waals surface area contributed by atoms with Crippen LogP contribution in [0.4, 0.5) is 5.69 Å². The number of phenols is 1. The second-order valence-electron chi connectivity index (χ2n) is 5.34. The highest BCUT2D eigenvalue weighted by molar-refractivity contribution is 8.18. The lowest BCUT2D eigenvalue weighted by atomic mass is 10.2. The van der Waals surface area contributed by atoms with E-state index in [1.165, 1.54) is 24.9 Å². The zero-order valence-corrected chi connectivity index (χ0v) is 15.1. The van der Waals surface area contributed by atoms with E-state index in [9.17, 15) is 9.90 Å². The van der Waals surface area contributed by atoms with E-state index in [0.29, 0.717) is 20.8 Å². The van der Waals surface area contributed by atoms with Crippen LogP contribution in [0.2, 0.25) is 5.02 Å². The molecule has 0 saturated carbocycles. The third-order valence-corrected chi connectivity index (χ3v) is 4.68. The number of nitrogens with zero attached hydrogens (tertiary/aromatic N) is 1. The van der Waals surface area contributed by atoms with Gasteiger partial charge in [-0.05, 0) is 66.2 Å². The maximum absolute atomic E-state index is 12.2. The molecule has 0 bridgehead atoms. The Labute approximate surface area is 154 Å². The Morgan fingerprint density at radius 3 is 2.80 bits per heavy atom. The molecule has 0 aromatic heterocycles. The maximum Gasteiger partial charge on any atom is 0.264 e. The van der Waals surface area contributed by atoms with Crippen molar-refractivity contribution in [3.8, 4) is 11.5 Å². The number of nitrogens with one attached hydrogen (secondary N) is 1. The summed E-state index contributed by atoms with van der Waals surface area (Å²) in [7, 11) is 1.47. The Balaban J connectivity index is 1.86. The molecule has 0 radical (unpaired) electrons. The topological polar surface area (TPSA) is 70.9 Å². The SMILES string of the molecule is COc1cc(C=C2SC(=Nc3ccc(Cl)cc3C)NC2=O)ccc1O. The molecule has 1 amide bonds. The summed E-state index contributed by atoms with van der Waals surface area (Å²) in [4.78, 5) is 17.1. The number of aryl methyl sites for hydroxylation is 1. The summed E-state index contributed by atoms with van der Waals surface area (Å²) in [5, 5.41) is 13.5. The van der Waals surface area contributed by atoms with E-state index in [1.54, 1.807) is 24.3 Å². The molecule has 1 aliphatic rings. The van der Waals surface area contributed by atoms with Crippen LogP contribution in [-0.4, -0.2) is 23.3 Å². The molecule has 25 heavy (non-hydrogen) atoms. The van der Waals surface area contributed by atoms with Gasteiger partial charge in [0.25, 0.3) is 5.91 Å². The lowest BCUT2D eigenvalue weighted by Crippen LogP contribution is -2.19. The second kappa shape index (κ2) is 7.21. The van der Waals surface area contributed by atoms with Crippen molar-refractivity contribution in [2.75, 3.05) is 7.11 Å². The molecule has 2 aromatic carbocycles. The molecule has 2 N–H and O–H groups in total. The Morgan fingerprint density at radius 2 is 2.08 bits per heavy atom. The standard InChI is InChI=1S/C18H15ClN2O3S/c1-10-7-12(19)4-5-13(10)20-18-21-17(23)16(25-18)9-11-3-6-14(22)15(8-11)24-2/h3-9,22H,1-2H3,(H,20,21,23). The van der Waals surface area contributed by atoms with Gasteiger partial charge in [-0.25, -0.2) is 4.99 Å². The molecule has 1 saturated heterocycles. The Morgan fingerprint density at radius 1 is 1.28 bits per heavy atom. The summed E-state index contributed by atoms with van der Waals surface area (Å²) in [5.74, 6) is 0.180. The van der Waals surface area contributed by atoms with Crippen LogP contribution in [0.5, 0.6) is 11.5 Å². The summed E-state index contributed by atoms with van der Waals surface area (Å²) in [6, 6.07) is 10.3. The third kappa shape index (κ3) is 3.97. The van der Waals surface area contributed by atoms with Crippen LogP contribution in [-0.2, 0) is 4.79 Å². The number of hydrogen-bond donors (Lipinski definition) is 2. The lowest BCUT2D eigenvalue weighted by Gasteiger charge is -2.04. The fourth-order valence-corrected chi connectivity index (χ4v) is 3.33. The number of aromatic hydroxyl groups is 1. The van der Waals surface area contributed by atoms with E-state index in [4.69, 9.17) is 16.3 Å². The minimum Gasteiger partial charge on any atom is -0.504 e. The zero-order chi connectivity index (χ0) is 18.0. The van der Waals surface area contributed by atoms with Crippen LogP contribution in [0.1, 0.15) is 11.1 Å². The minimum atomic E-state index is -0.220. The number of phenolic OH excluding ortho intramolecular Hbond substituents is 1. The predicted octanol–water partition coefficient (Wildman–Crippen LogP) is 4.25. The van der Waals surface area contributed by atoms with Gasteiger partial charge in [0, 0.05) is 5.02 Å². The number of hydrogen-bond acceptors (Lipinski definition) is 5. The molecule has 2 aromatic rings. The highest BCUT2D eigenvalue weighted by Gasteiger charge is 2.24. The highest BCUT2D eigenvalue weighted by Crippen LogP contribution is 2.32. The molecule has 7 heteroatoms. The molecule has 5 nitrogen and oxygen atoms in total. The minimum absolute atomic E-state index is 0.0497. The summed E-state index contributed by atoms with van der Waals surface area (Å²) in [5.41, 5.74) is 2.42. The van der Waals surface area contributed by atoms with Crippen molar-refractivity contribution >= 4 is 46.2 Å². The van der Waals surface area contributed by atoms with Gasteiger partial charge >= 0.3 is 0 Å². The zero-order valence-electron chi connectivity index (χ0n) is 13.5. The highest BCUT2D eigenvalue weighted by atomic mass is 35.5. The molecular formula is C18H15ClN2O3S. The van der Waals surface area contributed by atoms with Crippen LogP contribution in [0.15, 0.2) is 46.3 Å². The molecule has 0 aliphatic carbocycles. The molecule has 128 valence electrons. The second-order valence-corrected chi connectivity index (χ2v) is 6.81. The van der Waals surface area contributed by atoms with E-state index in [-0.39, 0.29) is 11.7 Å². The van der Waals surface area contributed by atoms with Gasteiger partial charge in [0.2, 0.25) is 0 Å². The third-order valence-electron chi connectivity index (χ3n) is 3.53. The van der Waals surface area contributed by atoms with Crippen LogP contribution in [0.3, 0.4) is 0 Å². The van der Waals surface area contributed by atoms with Crippen LogP contribution in [0.25, 0.3) is 6.08 Å². The van der Waals surface area contributed by atoms with Gasteiger partial charge in [0.05, 0.1) is 17.7 Å². The summed E-state index contributed by atoms with van der Waals surface area (Å²) in [6.45, 7) is 1.91. The Hall–Kier alpha value is -2.44. The van der Waals surface area contributed by atoms with Gasteiger partial charge in [-0.15, -0.1) is 0 Å². The van der Waals surface area contributed by atoms with Crippen molar-refractivity contribution in [2.24, 2.45) is 4.99 Å². The summed E-state index contributed by atoms with van der Waals surface area (Å²) in [6.07, 6.45) is 1.72. The van der Waals surface area contributed by atoms with Gasteiger partial charge < -0.3 is 15.2 Å². The van der Waals surface area contributed by atoms with E-state index in [2.05, 4.69) is 10.3 Å². The molecule has 0 atom stereocenters. The van der Waals surface area contributed by atoms with Gasteiger partial charge in [0.15, 0.2) is 16.7 Å². The number of aliphatic imine (C=N–C) groups is 1. The first-order chi connectivity index (χ1) is 12.0. The number of halogens is 1. The van der Waals surface area contributed by atoms with E-state index >= 15 is 0 Å². The number of methoxy groups -OCH3 is 1. The average Bonchev–Trinajstić information content (AvgIpc) is 2.91. The predicted molar refractivity (Wildman–Crippen MR) is 102 cm³/mol. The maximum atomic E-state index is 12.2. The van der Waals surface area contributed by atoms with Gasteiger partial charge in [-0.3, -0.25) is 4.79 Å². The normalized spacial score (nSPS) is 17.2. The number of rotatable bonds is 3. The Bertz CT molecular complexity index is 909. The average molecular weight is 375 g/mol. The largest absolute Gasteiger partial charge is 0.504 e. The van der Waals surface area contributed by atoms with Crippen molar-refractivity contribution in [1.82, 2.24) is 5.32 Å². The fourth-order valence-electron chi connectivity index (χ4n) is 2.27. The number of carbonyl (C=O) groups excluding carboxylic acids is 1. The number of amidine groups is 1. The fraction of sp³-hybridized carbons (Fsp3) is 0.111. The number of amides is 1. The molecule has 3 rings (SSSR count). The van der Waals surface area contributed by atoms with Gasteiger partial charge in [0.1, 0.15) is 0 Å². The van der Waals surface area contributed by atoms with Crippen molar-refractivity contribution in [2.45, 2.75) is 6.92 Å². The monoisotopic (exact) mass is 374 g/mol. The first-order valence-electron chi connectivity index (χ1n) is 7.39. The van der Waals surface area contributed by atoms with E-state index < -0.39 is 0 Å². The van der Waals surface area contributed by atoms with Gasteiger partial charge in [-0.2, -0.15) is 0 Å². The molecule has 1 heterocycles. The van der Waals surface area contributed by atoms with Crippen molar-refractivity contribution in [3.05, 3.63) is 57.5 Å². The van der Waals surface area contributed by atoms with Crippen molar-refractivity contribution in [1.29, 1.82) is 0 Å². The summed E-state index contributed by atoms with van der Waals surface area (Å²) >= 11 is 7.20. The lowest BCUT2D eigenvalue weighted by molar-refractivity contribution is -0.115.